The number of nitrogens with two attached hydrogens (primary N) is 1. The van der Waals surface area contributed by atoms with Gasteiger partial charge in [-0.3, -0.25) is 0 Å². The molecule has 0 amide bonds. The van der Waals surface area contributed by atoms with Crippen molar-refractivity contribution in [3.05, 3.63) is 59.8 Å². The molecule has 0 atom stereocenters. The minimum Gasteiger partial charge on any atom is -0.504 e. The van der Waals surface area contributed by atoms with E-state index in [1.54, 1.807) is 18.2 Å². The SMILES string of the molecule is CCn1c(COc2ccccc2O)cc2ccc(CN)cc21. The van der Waals surface area contributed by atoms with Gasteiger partial charge in [0.2, 0.25) is 0 Å². The molecule has 0 aliphatic rings. The predicted molar refractivity (Wildman–Crippen MR) is 87.9 cm³/mol. The summed E-state index contributed by atoms with van der Waals surface area (Å²) >= 11 is 0. The van der Waals surface area contributed by atoms with Crippen LogP contribution in [0.15, 0.2) is 48.5 Å². The van der Waals surface area contributed by atoms with Crippen molar-refractivity contribution in [1.82, 2.24) is 4.57 Å². The highest BCUT2D eigenvalue weighted by Gasteiger charge is 2.10. The smallest absolute Gasteiger partial charge is 0.161 e. The molecule has 4 nitrogen and oxygen atoms in total. The maximum atomic E-state index is 9.78. The molecule has 114 valence electrons. The third-order valence-corrected chi connectivity index (χ3v) is 3.85. The average molecular weight is 296 g/mol. The molecule has 4 heteroatoms. The van der Waals surface area contributed by atoms with Crippen molar-refractivity contribution in [2.75, 3.05) is 0 Å². The quantitative estimate of drug-likeness (QED) is 0.758. The molecule has 3 N–H and O–H groups in total. The molecule has 22 heavy (non-hydrogen) atoms. The number of hydrogen-bond donors (Lipinski definition) is 2. The second-order valence-corrected chi connectivity index (χ2v) is 5.23. The molecule has 0 spiro atoms. The van der Waals surface area contributed by atoms with Gasteiger partial charge in [0.15, 0.2) is 11.5 Å². The van der Waals surface area contributed by atoms with Gasteiger partial charge in [-0.05, 0) is 36.8 Å². The van der Waals surface area contributed by atoms with Crippen LogP contribution in [0, 0.1) is 0 Å². The number of aromatic hydroxyl groups is 1. The maximum absolute atomic E-state index is 9.78. The lowest BCUT2D eigenvalue weighted by Crippen LogP contribution is -2.05. The summed E-state index contributed by atoms with van der Waals surface area (Å²) in [6.45, 7) is 3.92. The van der Waals surface area contributed by atoms with E-state index in [1.807, 2.05) is 6.07 Å². The summed E-state index contributed by atoms with van der Waals surface area (Å²) < 4.78 is 7.97. The van der Waals surface area contributed by atoms with Crippen molar-refractivity contribution >= 4 is 10.9 Å². The Morgan fingerprint density at radius 3 is 2.68 bits per heavy atom. The van der Waals surface area contributed by atoms with E-state index in [0.717, 1.165) is 17.8 Å². The summed E-state index contributed by atoms with van der Waals surface area (Å²) in [7, 11) is 0. The molecule has 0 saturated heterocycles. The fourth-order valence-corrected chi connectivity index (χ4v) is 2.71. The van der Waals surface area contributed by atoms with Crippen molar-refractivity contribution in [1.29, 1.82) is 0 Å². The number of fused-ring (bicyclic) bond motifs is 1. The average Bonchev–Trinajstić information content (AvgIpc) is 2.90. The van der Waals surface area contributed by atoms with E-state index in [2.05, 4.69) is 35.8 Å². The number of nitrogens with zero attached hydrogens (tertiary/aromatic N) is 1. The van der Waals surface area contributed by atoms with Crippen LogP contribution in [0.4, 0.5) is 0 Å². The lowest BCUT2D eigenvalue weighted by Gasteiger charge is -2.11. The van der Waals surface area contributed by atoms with Crippen LogP contribution in [0.3, 0.4) is 0 Å². The zero-order chi connectivity index (χ0) is 15.5. The van der Waals surface area contributed by atoms with Gasteiger partial charge in [-0.1, -0.05) is 24.3 Å². The van der Waals surface area contributed by atoms with Gasteiger partial charge in [-0.25, -0.2) is 0 Å². The van der Waals surface area contributed by atoms with Gasteiger partial charge in [0.25, 0.3) is 0 Å². The van der Waals surface area contributed by atoms with Crippen LogP contribution in [0.25, 0.3) is 10.9 Å². The number of aromatic nitrogens is 1. The minimum atomic E-state index is 0.159. The first-order chi connectivity index (χ1) is 10.7. The van der Waals surface area contributed by atoms with E-state index < -0.39 is 0 Å². The second kappa shape index (κ2) is 6.12. The minimum absolute atomic E-state index is 0.159. The number of aryl methyl sites for hydroxylation is 1. The standard InChI is InChI=1S/C18H20N2O2/c1-2-20-15(12-22-18-6-4-3-5-17(18)21)10-14-8-7-13(11-19)9-16(14)20/h3-10,21H,2,11-12,19H2,1H3. The van der Waals surface area contributed by atoms with Gasteiger partial charge in [-0.15, -0.1) is 0 Å². The van der Waals surface area contributed by atoms with Crippen LogP contribution in [0.5, 0.6) is 11.5 Å². The first-order valence-corrected chi connectivity index (χ1v) is 7.45. The van der Waals surface area contributed by atoms with Gasteiger partial charge >= 0.3 is 0 Å². The van der Waals surface area contributed by atoms with Crippen LogP contribution >= 0.6 is 0 Å². The molecule has 0 fully saturated rings. The molecule has 0 aliphatic heterocycles. The highest BCUT2D eigenvalue weighted by molar-refractivity contribution is 5.82. The van der Waals surface area contributed by atoms with Gasteiger partial charge in [-0.2, -0.15) is 0 Å². The van der Waals surface area contributed by atoms with E-state index in [-0.39, 0.29) is 5.75 Å². The van der Waals surface area contributed by atoms with Gasteiger partial charge in [0.1, 0.15) is 6.61 Å². The molecule has 0 aliphatic carbocycles. The maximum Gasteiger partial charge on any atom is 0.161 e. The summed E-state index contributed by atoms with van der Waals surface area (Å²) in [4.78, 5) is 0. The van der Waals surface area contributed by atoms with Crippen molar-refractivity contribution in [2.45, 2.75) is 26.6 Å². The zero-order valence-corrected chi connectivity index (χ0v) is 12.6. The molecule has 0 radical (unpaired) electrons. The van der Waals surface area contributed by atoms with E-state index in [4.69, 9.17) is 10.5 Å². The topological polar surface area (TPSA) is 60.4 Å². The Morgan fingerprint density at radius 2 is 1.95 bits per heavy atom. The molecule has 0 saturated carbocycles. The van der Waals surface area contributed by atoms with Gasteiger partial charge in [0, 0.05) is 24.0 Å². The summed E-state index contributed by atoms with van der Waals surface area (Å²) in [5, 5.41) is 11.0. The van der Waals surface area contributed by atoms with Crippen molar-refractivity contribution in [2.24, 2.45) is 5.73 Å². The molecule has 2 aromatic carbocycles. The summed E-state index contributed by atoms with van der Waals surface area (Å²) in [5.41, 5.74) is 9.09. The third-order valence-electron chi connectivity index (χ3n) is 3.85. The Balaban J connectivity index is 1.92. The van der Waals surface area contributed by atoms with Crippen molar-refractivity contribution < 1.29 is 9.84 Å². The molecule has 1 aromatic heterocycles. The fourth-order valence-electron chi connectivity index (χ4n) is 2.71. The molecule has 0 bridgehead atoms. The van der Waals surface area contributed by atoms with Crippen LogP contribution in [-0.4, -0.2) is 9.67 Å². The molecular weight excluding hydrogens is 276 g/mol. The van der Waals surface area contributed by atoms with Crippen molar-refractivity contribution in [3.63, 3.8) is 0 Å². The fraction of sp³-hybridized carbons (Fsp3) is 0.222. The Kier molecular flexibility index (Phi) is 4.02. The molecular formula is C18H20N2O2. The molecule has 1 heterocycles. The van der Waals surface area contributed by atoms with Crippen LogP contribution in [-0.2, 0) is 19.7 Å². The number of benzene rings is 2. The molecule has 0 unspecified atom stereocenters. The van der Waals surface area contributed by atoms with Crippen LogP contribution < -0.4 is 10.5 Å². The number of phenols is 1. The number of para-hydroxylation sites is 2. The summed E-state index contributed by atoms with van der Waals surface area (Å²) in [6.07, 6.45) is 0. The monoisotopic (exact) mass is 296 g/mol. The first-order valence-electron chi connectivity index (χ1n) is 7.45. The number of hydrogen-bond acceptors (Lipinski definition) is 3. The number of ether oxygens (including phenoxy) is 1. The second-order valence-electron chi connectivity index (χ2n) is 5.23. The predicted octanol–water partition coefficient (Wildman–Crippen LogP) is 3.40. The van der Waals surface area contributed by atoms with E-state index in [1.165, 1.54) is 10.9 Å². The molecule has 3 aromatic rings. The lowest BCUT2D eigenvalue weighted by molar-refractivity contribution is 0.280. The number of phenolic OH excluding ortho intramolecular Hbond substituents is 1. The Bertz CT molecular complexity index is 793. The number of rotatable bonds is 5. The highest BCUT2D eigenvalue weighted by Crippen LogP contribution is 2.27. The van der Waals surface area contributed by atoms with Gasteiger partial charge < -0.3 is 20.1 Å². The highest BCUT2D eigenvalue weighted by atomic mass is 16.5. The summed E-state index contributed by atoms with van der Waals surface area (Å²) in [5.74, 6) is 0.658. The van der Waals surface area contributed by atoms with Crippen LogP contribution in [0.2, 0.25) is 0 Å². The zero-order valence-electron chi connectivity index (χ0n) is 12.6. The third kappa shape index (κ3) is 2.65. The van der Waals surface area contributed by atoms with E-state index in [9.17, 15) is 5.11 Å². The van der Waals surface area contributed by atoms with E-state index >= 15 is 0 Å². The van der Waals surface area contributed by atoms with Crippen LogP contribution in [0.1, 0.15) is 18.2 Å². The summed E-state index contributed by atoms with van der Waals surface area (Å²) in [6, 6.07) is 15.4. The van der Waals surface area contributed by atoms with E-state index in [0.29, 0.717) is 18.9 Å². The first kappa shape index (κ1) is 14.5. The normalized spacial score (nSPS) is 11.0. The largest absolute Gasteiger partial charge is 0.504 e. The lowest BCUT2D eigenvalue weighted by atomic mass is 10.1. The molecule has 3 rings (SSSR count). The van der Waals surface area contributed by atoms with Gasteiger partial charge in [0.05, 0.1) is 5.69 Å². The Hall–Kier alpha value is -2.46. The Labute approximate surface area is 129 Å². The van der Waals surface area contributed by atoms with Crippen molar-refractivity contribution in [3.8, 4) is 11.5 Å². The Morgan fingerprint density at radius 1 is 1.14 bits per heavy atom.